The molecule has 2 aromatic carbocycles. The molecule has 0 saturated heterocycles. The Balaban J connectivity index is 2.72. The Morgan fingerprint density at radius 1 is 0.833 bits per heavy atom. The summed E-state index contributed by atoms with van der Waals surface area (Å²) in [6.45, 7) is 0. The second-order valence-corrected chi connectivity index (χ2v) is 8.22. The molecule has 0 aliphatic rings. The van der Waals surface area contributed by atoms with E-state index in [2.05, 4.69) is 0 Å². The van der Waals surface area contributed by atoms with Gasteiger partial charge in [-0.3, -0.25) is 13.9 Å². The van der Waals surface area contributed by atoms with Crippen LogP contribution >= 0.6 is 23.2 Å². The Labute approximate surface area is 147 Å². The predicted molar refractivity (Wildman–Crippen MR) is 86.0 cm³/mol. The van der Waals surface area contributed by atoms with Gasteiger partial charge < -0.3 is 0 Å². The largest absolute Gasteiger partial charge is 0.295 e. The first-order chi connectivity index (χ1) is 10.9. The lowest BCUT2D eigenvalue weighted by Crippen LogP contribution is -2.12. The van der Waals surface area contributed by atoms with Gasteiger partial charge in [0.1, 0.15) is 4.90 Å². The maximum absolute atomic E-state index is 12.5. The molecule has 0 atom stereocenters. The van der Waals surface area contributed by atoms with Crippen LogP contribution in [0, 0.1) is 0 Å². The highest BCUT2D eigenvalue weighted by atomic mass is 35.5. The predicted octanol–water partition coefficient (Wildman–Crippen LogP) is 2.72. The summed E-state index contributed by atoms with van der Waals surface area (Å²) >= 11 is 11.6. The molecule has 2 N–H and O–H groups in total. The molecule has 128 valence electrons. The van der Waals surface area contributed by atoms with Crippen molar-refractivity contribution < 1.29 is 30.7 Å². The SMILES string of the molecule is O=C(c1ccc(Cl)cc1Cl)c1ccc(S(=O)(=O)O)cc1S(=O)(=O)O. The van der Waals surface area contributed by atoms with Gasteiger partial charge in [0.15, 0.2) is 5.78 Å². The monoisotopic (exact) mass is 410 g/mol. The van der Waals surface area contributed by atoms with E-state index in [1.807, 2.05) is 0 Å². The van der Waals surface area contributed by atoms with Crippen molar-refractivity contribution in [3.8, 4) is 0 Å². The van der Waals surface area contributed by atoms with Crippen molar-refractivity contribution in [2.75, 3.05) is 0 Å². The summed E-state index contributed by atoms with van der Waals surface area (Å²) in [5.74, 6) is -0.883. The van der Waals surface area contributed by atoms with E-state index < -0.39 is 41.4 Å². The molecule has 2 aromatic rings. The zero-order valence-electron chi connectivity index (χ0n) is 11.5. The fourth-order valence-corrected chi connectivity index (χ4v) is 3.67. The summed E-state index contributed by atoms with van der Waals surface area (Å²) in [5, 5.41) is 0.181. The first kappa shape index (κ1) is 18.8. The lowest BCUT2D eigenvalue weighted by molar-refractivity contribution is 0.103. The summed E-state index contributed by atoms with van der Waals surface area (Å²) < 4.78 is 63.4. The third-order valence-electron chi connectivity index (χ3n) is 2.95. The second kappa shape index (κ2) is 6.43. The number of carbonyl (C=O) groups is 1. The number of hydrogen-bond acceptors (Lipinski definition) is 5. The van der Waals surface area contributed by atoms with Gasteiger partial charge in [0, 0.05) is 16.1 Å². The first-order valence-electron chi connectivity index (χ1n) is 6.00. The standard InChI is InChI=1S/C13H8Cl2O7S2/c14-7-1-3-9(11(15)5-7)13(16)10-4-2-8(23(17,18)19)6-12(10)24(20,21)22/h1-6H,(H,17,18,19)(H,20,21,22). The number of carbonyl (C=O) groups excluding carboxylic acids is 1. The van der Waals surface area contributed by atoms with Crippen molar-refractivity contribution in [1.29, 1.82) is 0 Å². The highest BCUT2D eigenvalue weighted by molar-refractivity contribution is 7.86. The third-order valence-corrected chi connectivity index (χ3v) is 5.24. The summed E-state index contributed by atoms with van der Waals surface area (Å²) in [6.07, 6.45) is 0. The topological polar surface area (TPSA) is 126 Å². The normalized spacial score (nSPS) is 12.2. The van der Waals surface area contributed by atoms with Gasteiger partial charge in [-0.1, -0.05) is 23.2 Å². The van der Waals surface area contributed by atoms with Gasteiger partial charge in [0.25, 0.3) is 20.2 Å². The summed E-state index contributed by atoms with van der Waals surface area (Å²) in [6, 6.07) is 6.00. The quantitative estimate of drug-likeness (QED) is 0.585. The van der Waals surface area contributed by atoms with Crippen LogP contribution in [0.4, 0.5) is 0 Å². The van der Waals surface area contributed by atoms with Crippen LogP contribution in [0.25, 0.3) is 0 Å². The average Bonchev–Trinajstić information content (AvgIpc) is 2.44. The highest BCUT2D eigenvalue weighted by Crippen LogP contribution is 2.27. The number of ketones is 1. The van der Waals surface area contributed by atoms with Crippen molar-refractivity contribution in [3.05, 3.63) is 57.6 Å². The molecule has 0 amide bonds. The Morgan fingerprint density at radius 3 is 1.92 bits per heavy atom. The van der Waals surface area contributed by atoms with Crippen LogP contribution in [0.1, 0.15) is 15.9 Å². The van der Waals surface area contributed by atoms with Crippen LogP contribution in [0.15, 0.2) is 46.2 Å². The van der Waals surface area contributed by atoms with Crippen LogP contribution < -0.4 is 0 Å². The summed E-state index contributed by atoms with van der Waals surface area (Å²) in [4.78, 5) is 10.7. The van der Waals surface area contributed by atoms with Gasteiger partial charge in [-0.05, 0) is 36.4 Å². The molecule has 0 saturated carbocycles. The maximum Gasteiger partial charge on any atom is 0.295 e. The van der Waals surface area contributed by atoms with Gasteiger partial charge in [0.05, 0.1) is 9.92 Å². The lowest BCUT2D eigenvalue weighted by Gasteiger charge is -2.09. The smallest absolute Gasteiger partial charge is 0.289 e. The second-order valence-electron chi connectivity index (χ2n) is 4.56. The molecule has 24 heavy (non-hydrogen) atoms. The molecule has 0 aliphatic carbocycles. The van der Waals surface area contributed by atoms with Crippen molar-refractivity contribution >= 4 is 49.2 Å². The molecule has 0 heterocycles. The molecule has 0 aromatic heterocycles. The van der Waals surface area contributed by atoms with E-state index in [0.717, 1.165) is 12.1 Å². The van der Waals surface area contributed by atoms with Crippen LogP contribution in [0.3, 0.4) is 0 Å². The van der Waals surface area contributed by atoms with Crippen LogP contribution in [-0.4, -0.2) is 31.7 Å². The molecule has 0 aliphatic heterocycles. The van der Waals surface area contributed by atoms with Gasteiger partial charge in [-0.2, -0.15) is 16.8 Å². The Kier molecular flexibility index (Phi) is 5.05. The van der Waals surface area contributed by atoms with Crippen LogP contribution in [-0.2, 0) is 20.2 Å². The molecule has 2 rings (SSSR count). The molecule has 0 bridgehead atoms. The van der Waals surface area contributed by atoms with E-state index in [4.69, 9.17) is 27.8 Å². The van der Waals surface area contributed by atoms with Crippen LogP contribution in [0.5, 0.6) is 0 Å². The Morgan fingerprint density at radius 2 is 1.42 bits per heavy atom. The van der Waals surface area contributed by atoms with E-state index in [1.165, 1.54) is 18.2 Å². The summed E-state index contributed by atoms with van der Waals surface area (Å²) in [5.41, 5.74) is -0.625. The zero-order valence-corrected chi connectivity index (χ0v) is 14.6. The number of rotatable bonds is 4. The molecular weight excluding hydrogens is 403 g/mol. The van der Waals surface area contributed by atoms with E-state index in [9.17, 15) is 26.2 Å². The molecule has 11 heteroatoms. The van der Waals surface area contributed by atoms with E-state index >= 15 is 0 Å². The maximum atomic E-state index is 12.5. The van der Waals surface area contributed by atoms with E-state index in [1.54, 1.807) is 0 Å². The lowest BCUT2D eigenvalue weighted by atomic mass is 10.0. The molecule has 0 fully saturated rings. The molecule has 0 radical (unpaired) electrons. The first-order valence-corrected chi connectivity index (χ1v) is 9.63. The molecule has 0 unspecified atom stereocenters. The van der Waals surface area contributed by atoms with Crippen molar-refractivity contribution in [2.24, 2.45) is 0 Å². The van der Waals surface area contributed by atoms with Crippen LogP contribution in [0.2, 0.25) is 10.0 Å². The van der Waals surface area contributed by atoms with Gasteiger partial charge in [-0.25, -0.2) is 0 Å². The number of hydrogen-bond donors (Lipinski definition) is 2. The van der Waals surface area contributed by atoms with Crippen molar-refractivity contribution in [2.45, 2.75) is 9.79 Å². The van der Waals surface area contributed by atoms with Crippen molar-refractivity contribution in [1.82, 2.24) is 0 Å². The van der Waals surface area contributed by atoms with E-state index in [-0.39, 0.29) is 15.6 Å². The minimum atomic E-state index is -4.96. The fourth-order valence-electron chi connectivity index (χ4n) is 1.88. The molecular formula is C13H8Cl2O7S2. The Bertz CT molecular complexity index is 1040. The number of benzene rings is 2. The van der Waals surface area contributed by atoms with E-state index in [0.29, 0.717) is 6.07 Å². The molecule has 0 spiro atoms. The molecule has 7 nitrogen and oxygen atoms in total. The Hall–Kier alpha value is -1.49. The van der Waals surface area contributed by atoms with Gasteiger partial charge in [0.2, 0.25) is 0 Å². The van der Waals surface area contributed by atoms with Gasteiger partial charge in [-0.15, -0.1) is 0 Å². The fraction of sp³-hybridized carbons (Fsp3) is 0. The number of halogens is 2. The van der Waals surface area contributed by atoms with Crippen molar-refractivity contribution in [3.63, 3.8) is 0 Å². The summed E-state index contributed by atoms with van der Waals surface area (Å²) in [7, 11) is -9.69. The zero-order chi connectivity index (χ0) is 18.3. The highest BCUT2D eigenvalue weighted by Gasteiger charge is 2.25. The average molecular weight is 411 g/mol. The third kappa shape index (κ3) is 3.94. The minimum absolute atomic E-state index is 0.0624. The minimum Gasteiger partial charge on any atom is -0.289 e. The van der Waals surface area contributed by atoms with Gasteiger partial charge >= 0.3 is 0 Å².